The number of para-hydroxylation sites is 1. The van der Waals surface area contributed by atoms with Gasteiger partial charge in [0.1, 0.15) is 17.3 Å². The predicted molar refractivity (Wildman–Crippen MR) is 120 cm³/mol. The van der Waals surface area contributed by atoms with Crippen LogP contribution in [0.25, 0.3) is 16.8 Å². The maximum Gasteiger partial charge on any atom is 0.302 e. The maximum atomic E-state index is 13.7. The molecule has 5 rings (SSSR count). The van der Waals surface area contributed by atoms with Gasteiger partial charge in [-0.3, -0.25) is 14.5 Å². The second kappa shape index (κ2) is 7.90. The molecule has 3 aromatic carbocycles. The van der Waals surface area contributed by atoms with Gasteiger partial charge >= 0.3 is 5.91 Å². The molecule has 0 saturated carbocycles. The number of rotatable bonds is 4. The van der Waals surface area contributed by atoms with Crippen LogP contribution >= 0.6 is 0 Å². The molecule has 1 aromatic heterocycles. The summed E-state index contributed by atoms with van der Waals surface area (Å²) in [6, 6.07) is 18.6. The first-order chi connectivity index (χ1) is 16.0. The second-order valence-electron chi connectivity index (χ2n) is 7.50. The summed E-state index contributed by atoms with van der Waals surface area (Å²) in [4.78, 5) is 34.9. The van der Waals surface area contributed by atoms with E-state index in [2.05, 4.69) is 9.97 Å². The first-order valence-corrected chi connectivity index (χ1v) is 10.1. The number of ketones is 1. The zero-order valence-corrected chi connectivity index (χ0v) is 17.4. The molecule has 2 N–H and O–H groups in total. The molecular weight excluding hydrogens is 425 g/mol. The maximum absolute atomic E-state index is 13.7. The number of fused-ring (bicyclic) bond motifs is 1. The second-order valence-corrected chi connectivity index (χ2v) is 7.50. The summed E-state index contributed by atoms with van der Waals surface area (Å²) in [6.07, 6.45) is 0. The number of halogens is 1. The largest absolute Gasteiger partial charge is 0.507 e. The van der Waals surface area contributed by atoms with Crippen molar-refractivity contribution in [1.29, 1.82) is 0 Å². The fraction of sp³-hybridized carbons (Fsp3) is 0.0800. The van der Waals surface area contributed by atoms with E-state index in [0.29, 0.717) is 22.3 Å². The smallest absolute Gasteiger partial charge is 0.302 e. The van der Waals surface area contributed by atoms with Crippen molar-refractivity contribution in [3.8, 4) is 5.75 Å². The van der Waals surface area contributed by atoms with Crippen molar-refractivity contribution in [2.24, 2.45) is 0 Å². The quantitative estimate of drug-likeness (QED) is 0.278. The highest BCUT2D eigenvalue weighted by molar-refractivity contribution is 6.51. The van der Waals surface area contributed by atoms with Crippen molar-refractivity contribution >= 4 is 34.4 Å². The summed E-state index contributed by atoms with van der Waals surface area (Å²) in [6.45, 7) is 0. The number of aliphatic hydroxyl groups is 1. The monoisotopic (exact) mass is 443 g/mol. The Bertz CT molecular complexity index is 1430. The number of imidazole rings is 1. The lowest BCUT2D eigenvalue weighted by atomic mass is 9.95. The molecular formula is C25H18FN3O4. The van der Waals surface area contributed by atoms with E-state index in [-0.39, 0.29) is 22.8 Å². The van der Waals surface area contributed by atoms with Crippen molar-refractivity contribution in [3.05, 3.63) is 95.3 Å². The van der Waals surface area contributed by atoms with E-state index in [0.717, 1.165) is 0 Å². The Hall–Kier alpha value is -4.46. The van der Waals surface area contributed by atoms with Crippen molar-refractivity contribution in [3.63, 3.8) is 0 Å². The molecule has 1 atom stereocenters. The van der Waals surface area contributed by atoms with E-state index >= 15 is 0 Å². The highest BCUT2D eigenvalue weighted by Gasteiger charge is 2.48. The molecule has 1 fully saturated rings. The molecule has 1 aliphatic heterocycles. The summed E-state index contributed by atoms with van der Waals surface area (Å²) in [7, 11) is 1.45. The lowest BCUT2D eigenvalue weighted by Gasteiger charge is -2.23. The summed E-state index contributed by atoms with van der Waals surface area (Å²) >= 11 is 0. The van der Waals surface area contributed by atoms with Gasteiger partial charge in [-0.05, 0) is 35.9 Å². The third kappa shape index (κ3) is 3.32. The number of aromatic amines is 1. The summed E-state index contributed by atoms with van der Waals surface area (Å²) < 4.78 is 19.0. The zero-order valence-electron chi connectivity index (χ0n) is 17.4. The molecule has 0 radical (unpaired) electrons. The number of carbonyl (C=O) groups is 2. The topological polar surface area (TPSA) is 95.5 Å². The minimum absolute atomic E-state index is 0.0747. The van der Waals surface area contributed by atoms with Gasteiger partial charge in [-0.2, -0.15) is 0 Å². The summed E-state index contributed by atoms with van der Waals surface area (Å²) in [5.74, 6) is -2.11. The number of H-pyrrole nitrogens is 1. The first-order valence-electron chi connectivity index (χ1n) is 10.1. The van der Waals surface area contributed by atoms with E-state index in [1.807, 2.05) is 0 Å². The van der Waals surface area contributed by atoms with Crippen LogP contribution in [0.3, 0.4) is 0 Å². The predicted octanol–water partition coefficient (Wildman–Crippen LogP) is 4.34. The number of aliphatic hydroxyl groups excluding tert-OH is 1. The number of nitrogens with one attached hydrogen (secondary N) is 1. The van der Waals surface area contributed by atoms with E-state index in [1.165, 1.54) is 30.2 Å². The van der Waals surface area contributed by atoms with Gasteiger partial charge in [-0.1, -0.05) is 42.5 Å². The zero-order chi connectivity index (χ0) is 23.1. The molecule has 0 aliphatic carbocycles. The van der Waals surface area contributed by atoms with Crippen molar-refractivity contribution in [2.45, 2.75) is 6.04 Å². The Kier molecular flexibility index (Phi) is 4.90. The molecule has 7 nitrogen and oxygen atoms in total. The standard InChI is InChI=1S/C25H18FN3O4/c1-33-19-10-6-5-9-16(19)22(30)20-21(14-7-3-2-4-8-14)29(24(32)23(20)31)25-27-17-12-11-15(26)13-18(17)28-25/h2-13,21,30H,1H3,(H,27,28)/b22-20+. The van der Waals surface area contributed by atoms with E-state index in [9.17, 15) is 19.1 Å². The normalized spacial score (nSPS) is 17.6. The Morgan fingerprint density at radius 2 is 1.79 bits per heavy atom. The van der Waals surface area contributed by atoms with Gasteiger partial charge < -0.3 is 14.8 Å². The number of ether oxygens (including phenoxy) is 1. The number of aromatic nitrogens is 2. The number of hydrogen-bond acceptors (Lipinski definition) is 5. The average Bonchev–Trinajstić information content (AvgIpc) is 3.37. The Labute approximate surface area is 187 Å². The van der Waals surface area contributed by atoms with Gasteiger partial charge in [-0.15, -0.1) is 0 Å². The van der Waals surface area contributed by atoms with Gasteiger partial charge in [0.05, 0.1) is 35.3 Å². The molecule has 2 heterocycles. The third-order valence-electron chi connectivity index (χ3n) is 5.58. The van der Waals surface area contributed by atoms with Crippen LogP contribution in [0.4, 0.5) is 10.3 Å². The van der Waals surface area contributed by atoms with Crippen LogP contribution in [0.15, 0.2) is 78.4 Å². The van der Waals surface area contributed by atoms with Crippen LogP contribution in [0.5, 0.6) is 5.75 Å². The Balaban J connectivity index is 1.74. The number of anilines is 1. The lowest BCUT2D eigenvalue weighted by molar-refractivity contribution is -0.132. The average molecular weight is 443 g/mol. The molecule has 8 heteroatoms. The number of amides is 1. The van der Waals surface area contributed by atoms with Gasteiger partial charge in [0, 0.05) is 0 Å². The minimum atomic E-state index is -0.957. The number of nitrogens with zero attached hydrogens (tertiary/aromatic N) is 2. The molecule has 1 amide bonds. The molecule has 0 spiro atoms. The van der Waals surface area contributed by atoms with Crippen LogP contribution in [0, 0.1) is 5.82 Å². The minimum Gasteiger partial charge on any atom is -0.507 e. The molecule has 164 valence electrons. The molecule has 1 aliphatic rings. The summed E-state index contributed by atoms with van der Waals surface area (Å²) in [5, 5.41) is 11.2. The number of Topliss-reactive ketones (excluding diaryl/α,β-unsaturated/α-hetero) is 1. The first kappa shape index (κ1) is 20.4. The van der Waals surface area contributed by atoms with Crippen LogP contribution in [-0.4, -0.2) is 33.9 Å². The van der Waals surface area contributed by atoms with Gasteiger partial charge in [-0.25, -0.2) is 9.37 Å². The van der Waals surface area contributed by atoms with E-state index in [4.69, 9.17) is 4.74 Å². The highest BCUT2D eigenvalue weighted by Crippen LogP contribution is 2.42. The van der Waals surface area contributed by atoms with Crippen LogP contribution < -0.4 is 9.64 Å². The molecule has 1 saturated heterocycles. The van der Waals surface area contributed by atoms with Gasteiger partial charge in [0.2, 0.25) is 5.95 Å². The van der Waals surface area contributed by atoms with Crippen LogP contribution in [0.2, 0.25) is 0 Å². The molecule has 0 bridgehead atoms. The van der Waals surface area contributed by atoms with Crippen molar-refractivity contribution in [2.75, 3.05) is 12.0 Å². The SMILES string of the molecule is COc1ccccc1/C(O)=C1\C(=O)C(=O)N(c2nc3ccc(F)cc3[nH]2)C1c1ccccc1. The highest BCUT2D eigenvalue weighted by atomic mass is 19.1. The van der Waals surface area contributed by atoms with Gasteiger partial charge in [0.15, 0.2) is 0 Å². The Morgan fingerprint density at radius 3 is 2.55 bits per heavy atom. The molecule has 4 aromatic rings. The fourth-order valence-electron chi connectivity index (χ4n) is 4.07. The van der Waals surface area contributed by atoms with Crippen LogP contribution in [0.1, 0.15) is 17.2 Å². The molecule has 1 unspecified atom stereocenters. The molecule has 33 heavy (non-hydrogen) atoms. The van der Waals surface area contributed by atoms with E-state index in [1.54, 1.807) is 54.6 Å². The third-order valence-corrected chi connectivity index (χ3v) is 5.58. The summed E-state index contributed by atoms with van der Waals surface area (Å²) in [5.41, 5.74) is 1.60. The number of benzene rings is 3. The number of hydrogen-bond donors (Lipinski definition) is 2. The Morgan fingerprint density at radius 1 is 1.06 bits per heavy atom. The fourth-order valence-corrected chi connectivity index (χ4v) is 4.07. The van der Waals surface area contributed by atoms with Gasteiger partial charge in [0.25, 0.3) is 5.78 Å². The van der Waals surface area contributed by atoms with Crippen LogP contribution in [-0.2, 0) is 9.59 Å². The van der Waals surface area contributed by atoms with E-state index < -0.39 is 23.5 Å². The van der Waals surface area contributed by atoms with Crippen molar-refractivity contribution in [1.82, 2.24) is 9.97 Å². The number of carbonyl (C=O) groups excluding carboxylic acids is 2. The lowest BCUT2D eigenvalue weighted by Crippen LogP contribution is -2.30. The number of methoxy groups -OCH3 is 1. The van der Waals surface area contributed by atoms with Crippen molar-refractivity contribution < 1.29 is 23.8 Å².